The van der Waals surface area contributed by atoms with Crippen LogP contribution in [0.2, 0.25) is 5.15 Å². The highest BCUT2D eigenvalue weighted by Crippen LogP contribution is 2.35. The van der Waals surface area contributed by atoms with Gasteiger partial charge in [0.2, 0.25) is 5.91 Å². The zero-order chi connectivity index (χ0) is 21.2. The molecule has 1 amide bonds. The third-order valence-electron chi connectivity index (χ3n) is 4.67. The van der Waals surface area contributed by atoms with Crippen LogP contribution in [-0.4, -0.2) is 36.0 Å². The Bertz CT molecular complexity index is 997. The van der Waals surface area contributed by atoms with Gasteiger partial charge in [-0.05, 0) is 42.7 Å². The van der Waals surface area contributed by atoms with Gasteiger partial charge < -0.3 is 5.32 Å². The fourth-order valence-corrected chi connectivity index (χ4v) is 4.69. The zero-order valence-electron chi connectivity index (χ0n) is 15.0. The molecule has 0 aliphatic carbocycles. The Balaban J connectivity index is 1.78. The van der Waals surface area contributed by atoms with E-state index in [0.29, 0.717) is 5.69 Å². The van der Waals surface area contributed by atoms with Crippen LogP contribution in [0.25, 0.3) is 0 Å². The Morgan fingerprint density at radius 2 is 1.83 bits per heavy atom. The molecule has 1 N–H and O–H groups in total. The second-order valence-electron chi connectivity index (χ2n) is 6.81. The number of alkyl halides is 3. The molecule has 29 heavy (non-hydrogen) atoms. The highest BCUT2D eigenvalue weighted by atomic mass is 35.5. The van der Waals surface area contributed by atoms with Gasteiger partial charge >= 0.3 is 6.18 Å². The summed E-state index contributed by atoms with van der Waals surface area (Å²) in [6, 6.07) is 6.46. The van der Waals surface area contributed by atoms with Gasteiger partial charge in [0.1, 0.15) is 9.84 Å². The van der Waals surface area contributed by atoms with Crippen molar-refractivity contribution in [1.82, 2.24) is 10.2 Å². The van der Waals surface area contributed by atoms with Gasteiger partial charge in [-0.2, -0.15) is 18.3 Å². The first-order chi connectivity index (χ1) is 13.5. The molecule has 0 unspecified atom stereocenters. The number of hydrogen-bond acceptors (Lipinski definition) is 5. The van der Waals surface area contributed by atoms with E-state index in [-0.39, 0.29) is 47.2 Å². The molecule has 156 valence electrons. The summed E-state index contributed by atoms with van der Waals surface area (Å²) in [6.07, 6.45) is -4.41. The summed E-state index contributed by atoms with van der Waals surface area (Å²) in [4.78, 5) is 12.3. The summed E-state index contributed by atoms with van der Waals surface area (Å²) in [6.45, 7) is 0. The van der Waals surface area contributed by atoms with Gasteiger partial charge in [-0.3, -0.25) is 4.79 Å². The Kier molecular flexibility index (Phi) is 6.13. The minimum absolute atomic E-state index is 0.00157. The van der Waals surface area contributed by atoms with Gasteiger partial charge in [-0.15, -0.1) is 5.10 Å². The van der Waals surface area contributed by atoms with E-state index < -0.39 is 33.4 Å². The van der Waals surface area contributed by atoms with Gasteiger partial charge in [-0.1, -0.05) is 17.7 Å². The van der Waals surface area contributed by atoms with Crippen LogP contribution >= 0.6 is 11.6 Å². The van der Waals surface area contributed by atoms with Crippen molar-refractivity contribution in [3.63, 3.8) is 0 Å². The monoisotopic (exact) mass is 447 g/mol. The molecule has 1 aliphatic heterocycles. The average molecular weight is 448 g/mol. The van der Waals surface area contributed by atoms with Crippen molar-refractivity contribution in [2.45, 2.75) is 25.4 Å². The number of carbonyl (C=O) groups is 1. The van der Waals surface area contributed by atoms with Gasteiger partial charge in [0.25, 0.3) is 0 Å². The lowest BCUT2D eigenvalue weighted by molar-refractivity contribution is -0.138. The molecule has 0 radical (unpaired) electrons. The second-order valence-corrected chi connectivity index (χ2v) is 9.50. The first-order valence-electron chi connectivity index (χ1n) is 8.73. The lowest BCUT2D eigenvalue weighted by Gasteiger charge is -2.21. The van der Waals surface area contributed by atoms with E-state index in [9.17, 15) is 26.4 Å². The Morgan fingerprint density at radius 3 is 2.41 bits per heavy atom. The molecule has 0 bridgehead atoms. The number of carbonyl (C=O) groups excluding carboxylic acids is 1. The normalized spacial score (nSPS) is 17.1. The highest BCUT2D eigenvalue weighted by molar-refractivity contribution is 7.91. The summed E-state index contributed by atoms with van der Waals surface area (Å²) >= 11 is 5.64. The summed E-state index contributed by atoms with van der Waals surface area (Å²) in [5.74, 6) is -1.22. The average Bonchev–Trinajstić information content (AvgIpc) is 2.64. The number of nitrogens with one attached hydrogen (secondary N) is 1. The lowest BCUT2D eigenvalue weighted by atomic mass is 9.99. The molecule has 1 aromatic carbocycles. The van der Waals surface area contributed by atoms with Crippen LogP contribution in [0.15, 0.2) is 30.3 Å². The van der Waals surface area contributed by atoms with E-state index in [1.807, 2.05) is 0 Å². The highest BCUT2D eigenvalue weighted by Gasteiger charge is 2.34. The molecular weight excluding hydrogens is 431 g/mol. The molecule has 0 spiro atoms. The van der Waals surface area contributed by atoms with Crippen LogP contribution in [0.5, 0.6) is 0 Å². The van der Waals surface area contributed by atoms with Crippen LogP contribution in [0.4, 0.5) is 18.9 Å². The zero-order valence-corrected chi connectivity index (χ0v) is 16.6. The van der Waals surface area contributed by atoms with Crippen molar-refractivity contribution < 1.29 is 26.4 Å². The van der Waals surface area contributed by atoms with Crippen LogP contribution in [0, 0.1) is 5.92 Å². The number of rotatable bonds is 4. The minimum Gasteiger partial charge on any atom is -0.326 e. The largest absolute Gasteiger partial charge is 0.416 e. The van der Waals surface area contributed by atoms with Crippen LogP contribution in [0.3, 0.4) is 0 Å². The third-order valence-corrected chi connectivity index (χ3v) is 6.58. The van der Waals surface area contributed by atoms with Crippen LogP contribution in [0.1, 0.15) is 29.7 Å². The number of amides is 1. The van der Waals surface area contributed by atoms with Crippen molar-refractivity contribution in [3.05, 3.63) is 52.3 Å². The Hall–Kier alpha value is -2.20. The van der Waals surface area contributed by atoms with E-state index in [0.717, 1.165) is 6.07 Å². The smallest absolute Gasteiger partial charge is 0.326 e. The van der Waals surface area contributed by atoms with Crippen LogP contribution in [-0.2, 0) is 27.2 Å². The number of nitrogens with zero attached hydrogens (tertiary/aromatic N) is 2. The summed E-state index contributed by atoms with van der Waals surface area (Å²) < 4.78 is 63.5. The van der Waals surface area contributed by atoms with Crippen molar-refractivity contribution in [2.24, 2.45) is 5.92 Å². The maximum absolute atomic E-state index is 13.5. The number of aromatic nitrogens is 2. The maximum Gasteiger partial charge on any atom is 0.416 e. The molecule has 6 nitrogen and oxygen atoms in total. The minimum atomic E-state index is -4.63. The number of benzene rings is 1. The summed E-state index contributed by atoms with van der Waals surface area (Å²) in [5.41, 5.74) is -0.587. The van der Waals surface area contributed by atoms with Crippen molar-refractivity contribution in [3.8, 4) is 0 Å². The van der Waals surface area contributed by atoms with Crippen molar-refractivity contribution >= 4 is 33.0 Å². The fraction of sp³-hybridized carbons (Fsp3) is 0.389. The van der Waals surface area contributed by atoms with Gasteiger partial charge in [0.15, 0.2) is 5.15 Å². The van der Waals surface area contributed by atoms with E-state index in [1.54, 1.807) is 0 Å². The molecule has 3 rings (SSSR count). The third kappa shape index (κ3) is 5.66. The first kappa shape index (κ1) is 21.5. The number of hydrogen-bond donors (Lipinski definition) is 1. The predicted octanol–water partition coefficient (Wildman–Crippen LogP) is 3.50. The molecular formula is C18H17ClF3N3O3S. The van der Waals surface area contributed by atoms with Crippen molar-refractivity contribution in [1.29, 1.82) is 0 Å². The molecule has 0 saturated carbocycles. The fourth-order valence-electron chi connectivity index (χ4n) is 3.10. The van der Waals surface area contributed by atoms with Gasteiger partial charge in [-0.25, -0.2) is 8.42 Å². The number of anilines is 1. The number of halogens is 4. The molecule has 1 saturated heterocycles. The number of sulfone groups is 1. The Morgan fingerprint density at radius 1 is 1.14 bits per heavy atom. The Labute approximate surface area is 170 Å². The van der Waals surface area contributed by atoms with E-state index >= 15 is 0 Å². The van der Waals surface area contributed by atoms with E-state index in [4.69, 9.17) is 11.6 Å². The molecule has 2 aromatic rings. The van der Waals surface area contributed by atoms with E-state index in [1.165, 1.54) is 24.3 Å². The summed E-state index contributed by atoms with van der Waals surface area (Å²) in [7, 11) is -3.13. The van der Waals surface area contributed by atoms with Crippen LogP contribution < -0.4 is 5.32 Å². The maximum atomic E-state index is 13.5. The van der Waals surface area contributed by atoms with Gasteiger partial charge in [0.05, 0.1) is 22.8 Å². The summed E-state index contributed by atoms with van der Waals surface area (Å²) in [5, 5.41) is 10.0. The topological polar surface area (TPSA) is 89.0 Å². The predicted molar refractivity (Wildman–Crippen MR) is 101 cm³/mol. The second kappa shape index (κ2) is 8.27. The molecule has 0 atom stereocenters. The molecule has 11 heteroatoms. The van der Waals surface area contributed by atoms with Gasteiger partial charge in [0, 0.05) is 18.0 Å². The van der Waals surface area contributed by atoms with E-state index in [2.05, 4.69) is 15.5 Å². The standard InChI is InChI=1S/C18H17ClF3N3O3S/c19-16-4-3-14(24-25-16)9-12-1-2-13(10-15(12)18(20,21)22)23-17(26)11-5-7-29(27,28)8-6-11/h1-4,10-11H,5-9H2,(H,23,26). The SMILES string of the molecule is O=C(Nc1ccc(Cc2ccc(Cl)nn2)c(C(F)(F)F)c1)C1CCS(=O)(=O)CC1. The molecule has 1 aliphatic rings. The molecule has 2 heterocycles. The lowest BCUT2D eigenvalue weighted by Crippen LogP contribution is -2.32. The first-order valence-corrected chi connectivity index (χ1v) is 10.9. The van der Waals surface area contributed by atoms with Crippen molar-refractivity contribution in [2.75, 3.05) is 16.8 Å². The molecule has 1 aromatic heterocycles. The molecule has 1 fully saturated rings. The quantitative estimate of drug-likeness (QED) is 0.774.